The molecule has 130 valence electrons. The highest BCUT2D eigenvalue weighted by molar-refractivity contribution is 5.85. The summed E-state index contributed by atoms with van der Waals surface area (Å²) >= 11 is 0. The molecule has 1 fully saturated rings. The topological polar surface area (TPSA) is 64.8 Å². The molecule has 0 aromatic heterocycles. The van der Waals surface area contributed by atoms with E-state index in [-0.39, 0.29) is 24.4 Å². The Morgan fingerprint density at radius 2 is 1.96 bits per heavy atom. The molecule has 1 aromatic carbocycles. The van der Waals surface area contributed by atoms with Crippen molar-refractivity contribution in [1.29, 1.82) is 0 Å². The van der Waals surface area contributed by atoms with Crippen LogP contribution in [0.1, 0.15) is 26.2 Å². The molecule has 0 radical (unpaired) electrons. The summed E-state index contributed by atoms with van der Waals surface area (Å²) in [5.41, 5.74) is 5.80. The van der Waals surface area contributed by atoms with Crippen LogP contribution in [0.4, 0.5) is 0 Å². The molecule has 2 rings (SSSR count). The van der Waals surface area contributed by atoms with E-state index in [1.54, 1.807) is 7.11 Å². The normalized spacial score (nSPS) is 20.6. The van der Waals surface area contributed by atoms with Crippen LogP contribution in [0.25, 0.3) is 0 Å². The monoisotopic (exact) mass is 342 g/mol. The van der Waals surface area contributed by atoms with E-state index in [1.165, 1.54) is 0 Å². The van der Waals surface area contributed by atoms with Crippen LogP contribution in [0.3, 0.4) is 0 Å². The van der Waals surface area contributed by atoms with Gasteiger partial charge in [0.2, 0.25) is 5.91 Å². The standard InChI is InChI=1S/C17H26N2O3.ClH/c1-13-7-9-19(14(11-13)12-18)17(20)8-10-22-16-5-3-15(21-2)4-6-16;/h3-6,13-14H,7-12,18H2,1-2H3;1H. The van der Waals surface area contributed by atoms with Crippen LogP contribution in [0.5, 0.6) is 11.5 Å². The summed E-state index contributed by atoms with van der Waals surface area (Å²) in [6, 6.07) is 7.54. The molecule has 23 heavy (non-hydrogen) atoms. The van der Waals surface area contributed by atoms with E-state index in [4.69, 9.17) is 15.2 Å². The van der Waals surface area contributed by atoms with Gasteiger partial charge in [-0.05, 0) is 43.0 Å². The van der Waals surface area contributed by atoms with Crippen molar-refractivity contribution in [2.24, 2.45) is 11.7 Å². The van der Waals surface area contributed by atoms with Gasteiger partial charge < -0.3 is 20.1 Å². The zero-order valence-corrected chi connectivity index (χ0v) is 14.7. The SMILES string of the molecule is COc1ccc(OCCC(=O)N2CCC(C)CC2CN)cc1.Cl. The lowest BCUT2D eigenvalue weighted by molar-refractivity contribution is -0.135. The van der Waals surface area contributed by atoms with Crippen molar-refractivity contribution in [3.05, 3.63) is 24.3 Å². The number of halogens is 1. The molecule has 0 aliphatic carbocycles. The summed E-state index contributed by atoms with van der Waals surface area (Å²) in [6.07, 6.45) is 2.44. The van der Waals surface area contributed by atoms with E-state index in [1.807, 2.05) is 29.2 Å². The maximum Gasteiger partial charge on any atom is 0.226 e. The van der Waals surface area contributed by atoms with E-state index in [0.717, 1.165) is 30.9 Å². The Morgan fingerprint density at radius 3 is 2.57 bits per heavy atom. The first kappa shape index (κ1) is 19.6. The Balaban J connectivity index is 0.00000264. The molecule has 1 aromatic rings. The quantitative estimate of drug-likeness (QED) is 0.862. The van der Waals surface area contributed by atoms with Crippen LogP contribution in [-0.4, -0.2) is 43.7 Å². The van der Waals surface area contributed by atoms with Crippen molar-refractivity contribution in [3.8, 4) is 11.5 Å². The minimum atomic E-state index is 0. The fourth-order valence-corrected chi connectivity index (χ4v) is 2.88. The number of hydrogen-bond donors (Lipinski definition) is 1. The predicted octanol–water partition coefficient (Wildman–Crippen LogP) is 2.47. The van der Waals surface area contributed by atoms with Crippen molar-refractivity contribution in [3.63, 3.8) is 0 Å². The zero-order chi connectivity index (χ0) is 15.9. The fraction of sp³-hybridized carbons (Fsp3) is 0.588. The number of carbonyl (C=O) groups is 1. The summed E-state index contributed by atoms with van der Waals surface area (Å²) in [6.45, 7) is 3.95. The lowest BCUT2D eigenvalue weighted by Gasteiger charge is -2.38. The highest BCUT2D eigenvalue weighted by atomic mass is 35.5. The minimum Gasteiger partial charge on any atom is -0.497 e. The minimum absolute atomic E-state index is 0. The predicted molar refractivity (Wildman–Crippen MR) is 93.3 cm³/mol. The first-order chi connectivity index (χ1) is 10.6. The second-order valence-corrected chi connectivity index (χ2v) is 5.88. The second-order valence-electron chi connectivity index (χ2n) is 5.88. The Labute approximate surface area is 144 Å². The number of carbonyl (C=O) groups excluding carboxylic acids is 1. The maximum absolute atomic E-state index is 12.3. The third kappa shape index (κ3) is 5.59. The lowest BCUT2D eigenvalue weighted by atomic mass is 9.92. The molecule has 2 unspecified atom stereocenters. The number of benzene rings is 1. The number of nitrogens with zero attached hydrogens (tertiary/aromatic N) is 1. The van der Waals surface area contributed by atoms with Crippen molar-refractivity contribution in [2.75, 3.05) is 26.8 Å². The summed E-state index contributed by atoms with van der Waals surface area (Å²) in [7, 11) is 1.63. The van der Waals surface area contributed by atoms with E-state index in [9.17, 15) is 4.79 Å². The molecule has 1 amide bonds. The summed E-state index contributed by atoms with van der Waals surface area (Å²) in [4.78, 5) is 14.3. The van der Waals surface area contributed by atoms with Gasteiger partial charge in [0, 0.05) is 19.1 Å². The molecule has 1 aliphatic rings. The average Bonchev–Trinajstić information content (AvgIpc) is 2.55. The molecule has 0 saturated carbocycles. The lowest BCUT2D eigenvalue weighted by Crippen LogP contribution is -2.49. The number of methoxy groups -OCH3 is 1. The third-order valence-electron chi connectivity index (χ3n) is 4.21. The molecule has 2 N–H and O–H groups in total. The number of likely N-dealkylation sites (tertiary alicyclic amines) is 1. The van der Waals surface area contributed by atoms with Gasteiger partial charge in [-0.3, -0.25) is 4.79 Å². The van der Waals surface area contributed by atoms with Gasteiger partial charge >= 0.3 is 0 Å². The van der Waals surface area contributed by atoms with Crippen molar-refractivity contribution < 1.29 is 14.3 Å². The van der Waals surface area contributed by atoms with Crippen LogP contribution in [0.15, 0.2) is 24.3 Å². The van der Waals surface area contributed by atoms with Gasteiger partial charge in [0.15, 0.2) is 0 Å². The highest BCUT2D eigenvalue weighted by Gasteiger charge is 2.28. The van der Waals surface area contributed by atoms with Gasteiger partial charge in [-0.2, -0.15) is 0 Å². The molecule has 0 bridgehead atoms. The number of amides is 1. The van der Waals surface area contributed by atoms with Crippen LogP contribution in [0, 0.1) is 5.92 Å². The van der Waals surface area contributed by atoms with Gasteiger partial charge in [0.25, 0.3) is 0 Å². The number of piperidine rings is 1. The first-order valence-corrected chi connectivity index (χ1v) is 7.90. The smallest absolute Gasteiger partial charge is 0.226 e. The van der Waals surface area contributed by atoms with Gasteiger partial charge in [0.1, 0.15) is 11.5 Å². The number of hydrogen-bond acceptors (Lipinski definition) is 4. The Kier molecular flexibility index (Phi) is 8.20. The molecule has 0 spiro atoms. The van der Waals surface area contributed by atoms with Crippen molar-refractivity contribution >= 4 is 18.3 Å². The largest absolute Gasteiger partial charge is 0.497 e. The van der Waals surface area contributed by atoms with Gasteiger partial charge in [-0.25, -0.2) is 0 Å². The molecule has 1 heterocycles. The Morgan fingerprint density at radius 1 is 1.30 bits per heavy atom. The molecule has 6 heteroatoms. The highest BCUT2D eigenvalue weighted by Crippen LogP contribution is 2.23. The third-order valence-corrected chi connectivity index (χ3v) is 4.21. The second kappa shape index (κ2) is 9.63. The van der Waals surface area contributed by atoms with Crippen LogP contribution >= 0.6 is 12.4 Å². The molecule has 1 saturated heterocycles. The van der Waals surface area contributed by atoms with Crippen molar-refractivity contribution in [1.82, 2.24) is 4.90 Å². The molecule has 1 aliphatic heterocycles. The molecule has 5 nitrogen and oxygen atoms in total. The van der Waals surface area contributed by atoms with E-state index < -0.39 is 0 Å². The summed E-state index contributed by atoms with van der Waals surface area (Å²) in [5.74, 6) is 2.32. The van der Waals surface area contributed by atoms with Crippen molar-refractivity contribution in [2.45, 2.75) is 32.2 Å². The van der Waals surface area contributed by atoms with Gasteiger partial charge in [-0.15, -0.1) is 12.4 Å². The van der Waals surface area contributed by atoms with E-state index in [2.05, 4.69) is 6.92 Å². The van der Waals surface area contributed by atoms with Crippen LogP contribution in [0.2, 0.25) is 0 Å². The number of rotatable bonds is 6. The maximum atomic E-state index is 12.3. The first-order valence-electron chi connectivity index (χ1n) is 7.90. The number of nitrogens with two attached hydrogens (primary N) is 1. The summed E-state index contributed by atoms with van der Waals surface area (Å²) < 4.78 is 10.7. The Hall–Kier alpha value is -1.46. The summed E-state index contributed by atoms with van der Waals surface area (Å²) in [5, 5.41) is 0. The van der Waals surface area contributed by atoms with Gasteiger partial charge in [-0.1, -0.05) is 6.92 Å². The van der Waals surface area contributed by atoms with Crippen LogP contribution in [-0.2, 0) is 4.79 Å². The van der Waals surface area contributed by atoms with Gasteiger partial charge in [0.05, 0.1) is 20.1 Å². The molecular weight excluding hydrogens is 316 g/mol. The molecule has 2 atom stereocenters. The van der Waals surface area contributed by atoms with E-state index in [0.29, 0.717) is 25.5 Å². The van der Waals surface area contributed by atoms with Crippen LogP contribution < -0.4 is 15.2 Å². The van der Waals surface area contributed by atoms with E-state index >= 15 is 0 Å². The molecular formula is C17H27ClN2O3. The zero-order valence-electron chi connectivity index (χ0n) is 13.9. The average molecular weight is 343 g/mol. The Bertz CT molecular complexity index is 481. The number of ether oxygens (including phenoxy) is 2. The fourth-order valence-electron chi connectivity index (χ4n) is 2.88.